The molecule has 0 radical (unpaired) electrons. The zero-order chi connectivity index (χ0) is 13.7. The van der Waals surface area contributed by atoms with Gasteiger partial charge >= 0.3 is 5.97 Å². The van der Waals surface area contributed by atoms with Gasteiger partial charge in [-0.1, -0.05) is 6.92 Å². The second kappa shape index (κ2) is 6.51. The molecule has 0 aliphatic carbocycles. The number of nitrogens with one attached hydrogen (secondary N) is 1. The number of aryl methyl sites for hydroxylation is 2. The highest BCUT2D eigenvalue weighted by Crippen LogP contribution is 2.22. The van der Waals surface area contributed by atoms with Crippen molar-refractivity contribution in [3.63, 3.8) is 0 Å². The first-order chi connectivity index (χ1) is 8.49. The largest absolute Gasteiger partial charge is 0.479 e. The van der Waals surface area contributed by atoms with E-state index in [1.807, 2.05) is 19.9 Å². The van der Waals surface area contributed by atoms with E-state index in [4.69, 9.17) is 9.84 Å². The van der Waals surface area contributed by atoms with E-state index in [0.717, 1.165) is 12.0 Å². The Bertz CT molecular complexity index is 441. The summed E-state index contributed by atoms with van der Waals surface area (Å²) in [6.45, 7) is 3.95. The number of carboxylic acid groups (broad SMARTS) is 1. The number of hydrogen-bond acceptors (Lipinski definition) is 4. The number of rotatable bonds is 6. The molecule has 1 unspecified atom stereocenters. The number of hydrogen-bond donors (Lipinski definition) is 2. The van der Waals surface area contributed by atoms with Crippen LogP contribution in [0.1, 0.15) is 27.0 Å². The van der Waals surface area contributed by atoms with Gasteiger partial charge in [0.15, 0.2) is 6.10 Å². The van der Waals surface area contributed by atoms with Crippen molar-refractivity contribution in [2.45, 2.75) is 26.4 Å². The van der Waals surface area contributed by atoms with Gasteiger partial charge in [0.05, 0.1) is 11.4 Å². The molecule has 0 spiro atoms. The van der Waals surface area contributed by atoms with Gasteiger partial charge in [0.1, 0.15) is 0 Å². The second-order valence-corrected chi connectivity index (χ2v) is 4.98. The number of aliphatic carboxylic acids is 1. The molecule has 1 amide bonds. The maximum atomic E-state index is 11.8. The molecule has 1 atom stereocenters. The molecule has 5 nitrogen and oxygen atoms in total. The number of carbonyl (C=O) groups is 2. The van der Waals surface area contributed by atoms with Crippen molar-refractivity contribution in [1.82, 2.24) is 5.32 Å². The lowest BCUT2D eigenvalue weighted by Gasteiger charge is -2.10. The van der Waals surface area contributed by atoms with E-state index >= 15 is 0 Å². The van der Waals surface area contributed by atoms with Crippen LogP contribution in [0, 0.1) is 6.92 Å². The molecule has 1 heterocycles. The Morgan fingerprint density at radius 2 is 2.22 bits per heavy atom. The molecule has 6 heteroatoms. The minimum atomic E-state index is -1.09. The zero-order valence-corrected chi connectivity index (χ0v) is 11.5. The van der Waals surface area contributed by atoms with Gasteiger partial charge < -0.3 is 15.2 Å². The topological polar surface area (TPSA) is 75.6 Å². The van der Waals surface area contributed by atoms with E-state index in [0.29, 0.717) is 4.88 Å². The fourth-order valence-corrected chi connectivity index (χ4v) is 2.56. The zero-order valence-electron chi connectivity index (χ0n) is 10.6. The number of thiophene rings is 1. The Morgan fingerprint density at radius 1 is 1.56 bits per heavy atom. The van der Waals surface area contributed by atoms with Crippen LogP contribution < -0.4 is 5.32 Å². The highest BCUT2D eigenvalue weighted by Gasteiger charge is 2.18. The van der Waals surface area contributed by atoms with Crippen LogP contribution in [0.4, 0.5) is 0 Å². The summed E-state index contributed by atoms with van der Waals surface area (Å²) >= 11 is 1.43. The third-order valence-electron chi connectivity index (χ3n) is 2.57. The lowest BCUT2D eigenvalue weighted by atomic mass is 10.2. The van der Waals surface area contributed by atoms with Crippen LogP contribution in [0.5, 0.6) is 0 Å². The Morgan fingerprint density at radius 3 is 2.67 bits per heavy atom. The summed E-state index contributed by atoms with van der Waals surface area (Å²) < 4.78 is 4.74. The third kappa shape index (κ3) is 3.54. The number of ether oxygens (including phenoxy) is 1. The molecule has 0 aliphatic heterocycles. The fourth-order valence-electron chi connectivity index (χ4n) is 1.53. The van der Waals surface area contributed by atoms with Crippen molar-refractivity contribution >= 4 is 23.2 Å². The molecule has 0 saturated carbocycles. The molecule has 0 bridgehead atoms. The molecular weight excluding hydrogens is 254 g/mol. The first-order valence-electron chi connectivity index (χ1n) is 5.62. The van der Waals surface area contributed by atoms with Gasteiger partial charge in [0.25, 0.3) is 5.91 Å². The average Bonchev–Trinajstić information content (AvgIpc) is 2.70. The second-order valence-electron chi connectivity index (χ2n) is 3.84. The van der Waals surface area contributed by atoms with E-state index in [-0.39, 0.29) is 12.5 Å². The van der Waals surface area contributed by atoms with E-state index in [2.05, 4.69) is 5.32 Å². The summed E-state index contributed by atoms with van der Waals surface area (Å²) in [7, 11) is 1.30. The maximum absolute atomic E-state index is 11.8. The van der Waals surface area contributed by atoms with Crippen LogP contribution in [0.25, 0.3) is 0 Å². The molecule has 0 aromatic carbocycles. The van der Waals surface area contributed by atoms with Crippen LogP contribution in [0.15, 0.2) is 6.07 Å². The molecule has 0 aliphatic rings. The van der Waals surface area contributed by atoms with Crippen molar-refractivity contribution in [3.05, 3.63) is 21.4 Å². The predicted molar refractivity (Wildman–Crippen MR) is 69.2 cm³/mol. The molecule has 1 aromatic rings. The molecular formula is C12H17NO4S. The van der Waals surface area contributed by atoms with Gasteiger partial charge in [-0.15, -0.1) is 11.3 Å². The maximum Gasteiger partial charge on any atom is 0.334 e. The van der Waals surface area contributed by atoms with Gasteiger partial charge in [-0.3, -0.25) is 4.79 Å². The molecule has 100 valence electrons. The number of carboxylic acids is 1. The third-order valence-corrected chi connectivity index (χ3v) is 3.95. The van der Waals surface area contributed by atoms with E-state index in [1.165, 1.54) is 23.3 Å². The standard InChI is InChI=1S/C12H17NO4S/c1-4-9-7(2)5-10(18-9)11(14)13-6-8(17-3)12(15)16/h5,8H,4,6H2,1-3H3,(H,13,14)(H,15,16). The minimum Gasteiger partial charge on any atom is -0.479 e. The molecule has 2 N–H and O–H groups in total. The van der Waals surface area contributed by atoms with Crippen molar-refractivity contribution in [2.24, 2.45) is 0 Å². The van der Waals surface area contributed by atoms with Gasteiger partial charge in [0.2, 0.25) is 0 Å². The summed E-state index contributed by atoms with van der Waals surface area (Å²) in [6, 6.07) is 1.82. The predicted octanol–water partition coefficient (Wildman–Crippen LogP) is 1.45. The van der Waals surface area contributed by atoms with Crippen molar-refractivity contribution in [3.8, 4) is 0 Å². The van der Waals surface area contributed by atoms with Crippen LogP contribution in [0.2, 0.25) is 0 Å². The number of amides is 1. The highest BCUT2D eigenvalue weighted by molar-refractivity contribution is 7.14. The van der Waals surface area contributed by atoms with Crippen LogP contribution in [0.3, 0.4) is 0 Å². The fraction of sp³-hybridized carbons (Fsp3) is 0.500. The van der Waals surface area contributed by atoms with E-state index < -0.39 is 12.1 Å². The summed E-state index contributed by atoms with van der Waals surface area (Å²) in [5, 5.41) is 11.3. The Balaban J connectivity index is 2.62. The van der Waals surface area contributed by atoms with E-state index in [1.54, 1.807) is 0 Å². The van der Waals surface area contributed by atoms with Crippen LogP contribution in [-0.2, 0) is 16.0 Å². The first-order valence-corrected chi connectivity index (χ1v) is 6.44. The lowest BCUT2D eigenvalue weighted by molar-refractivity contribution is -0.147. The average molecular weight is 271 g/mol. The highest BCUT2D eigenvalue weighted by atomic mass is 32.1. The quantitative estimate of drug-likeness (QED) is 0.821. The Hall–Kier alpha value is -1.40. The van der Waals surface area contributed by atoms with Crippen molar-refractivity contribution < 1.29 is 19.4 Å². The van der Waals surface area contributed by atoms with Crippen molar-refractivity contribution in [2.75, 3.05) is 13.7 Å². The monoisotopic (exact) mass is 271 g/mol. The first kappa shape index (κ1) is 14.7. The smallest absolute Gasteiger partial charge is 0.334 e. The van der Waals surface area contributed by atoms with Gasteiger partial charge in [0, 0.05) is 12.0 Å². The van der Waals surface area contributed by atoms with Gasteiger partial charge in [-0.25, -0.2) is 4.79 Å². The summed E-state index contributed by atoms with van der Waals surface area (Å²) in [5.41, 5.74) is 1.09. The molecule has 1 rings (SSSR count). The molecule has 0 fully saturated rings. The van der Waals surface area contributed by atoms with E-state index in [9.17, 15) is 9.59 Å². The number of methoxy groups -OCH3 is 1. The lowest BCUT2D eigenvalue weighted by Crippen LogP contribution is -2.37. The van der Waals surface area contributed by atoms with Crippen LogP contribution >= 0.6 is 11.3 Å². The molecule has 1 aromatic heterocycles. The molecule has 0 saturated heterocycles. The van der Waals surface area contributed by atoms with Gasteiger partial charge in [-0.05, 0) is 25.0 Å². The minimum absolute atomic E-state index is 0.0386. The number of carbonyl (C=O) groups excluding carboxylic acids is 1. The van der Waals surface area contributed by atoms with Crippen LogP contribution in [-0.4, -0.2) is 36.7 Å². The summed E-state index contributed by atoms with van der Waals surface area (Å²) in [5.74, 6) is -1.35. The molecule has 18 heavy (non-hydrogen) atoms. The Labute approximate surface area is 110 Å². The Kier molecular flexibility index (Phi) is 5.30. The summed E-state index contributed by atoms with van der Waals surface area (Å²) in [4.78, 5) is 24.3. The summed E-state index contributed by atoms with van der Waals surface area (Å²) in [6.07, 6.45) is -0.125. The van der Waals surface area contributed by atoms with Crippen molar-refractivity contribution in [1.29, 1.82) is 0 Å². The van der Waals surface area contributed by atoms with Gasteiger partial charge in [-0.2, -0.15) is 0 Å². The SMILES string of the molecule is CCc1sc(C(=O)NCC(OC)C(=O)O)cc1C. The normalized spacial score (nSPS) is 12.2.